The molecule has 0 atom stereocenters. The minimum absolute atomic E-state index is 0.174. The zero-order valence-electron chi connectivity index (χ0n) is 12.1. The van der Waals surface area contributed by atoms with E-state index < -0.39 is 0 Å². The number of nitrogens with one attached hydrogen (secondary N) is 1. The fraction of sp³-hybridized carbons (Fsp3) is 0.0588. The van der Waals surface area contributed by atoms with E-state index in [0.717, 1.165) is 16.8 Å². The first kappa shape index (κ1) is 15.2. The molecule has 0 aliphatic heterocycles. The molecule has 2 aromatic carbocycles. The van der Waals surface area contributed by atoms with Gasteiger partial charge in [-0.3, -0.25) is 4.79 Å². The summed E-state index contributed by atoms with van der Waals surface area (Å²) >= 11 is 1.35. The highest BCUT2D eigenvalue weighted by Gasteiger charge is 2.09. The van der Waals surface area contributed by atoms with Crippen molar-refractivity contribution in [3.63, 3.8) is 0 Å². The number of hydrogen-bond acceptors (Lipinski definition) is 4. The molecule has 3 N–H and O–H groups in total. The summed E-state index contributed by atoms with van der Waals surface area (Å²) in [6, 6.07) is 13.3. The third-order valence-corrected chi connectivity index (χ3v) is 3.97. The first-order chi connectivity index (χ1) is 11.1. The zero-order chi connectivity index (χ0) is 16.2. The Morgan fingerprint density at radius 2 is 2.00 bits per heavy atom. The number of nitrogens with zero attached hydrogens (tertiary/aromatic N) is 1. The minimum Gasteiger partial charge on any atom is -0.399 e. The summed E-state index contributed by atoms with van der Waals surface area (Å²) in [5.74, 6) is -0.508. The van der Waals surface area contributed by atoms with Crippen LogP contribution in [-0.4, -0.2) is 10.9 Å². The average Bonchev–Trinajstić information content (AvgIpc) is 2.98. The van der Waals surface area contributed by atoms with Crippen molar-refractivity contribution in [1.82, 2.24) is 4.98 Å². The smallest absolute Gasteiger partial charge is 0.230 e. The molecule has 1 aromatic heterocycles. The van der Waals surface area contributed by atoms with Gasteiger partial charge in [-0.15, -0.1) is 11.3 Å². The van der Waals surface area contributed by atoms with Crippen molar-refractivity contribution in [2.75, 3.05) is 11.1 Å². The summed E-state index contributed by atoms with van der Waals surface area (Å²) in [7, 11) is 0. The SMILES string of the molecule is Nc1cccc(-c2csc(NC(=O)Cc3ccc(F)cc3)n2)c1. The van der Waals surface area contributed by atoms with Crippen molar-refractivity contribution in [2.45, 2.75) is 6.42 Å². The highest BCUT2D eigenvalue weighted by molar-refractivity contribution is 7.14. The van der Waals surface area contributed by atoms with Crippen LogP contribution in [0.25, 0.3) is 11.3 Å². The molecule has 1 amide bonds. The largest absolute Gasteiger partial charge is 0.399 e. The Kier molecular flexibility index (Phi) is 4.34. The second-order valence-electron chi connectivity index (χ2n) is 5.01. The maximum atomic E-state index is 12.8. The van der Waals surface area contributed by atoms with Crippen LogP contribution in [0.5, 0.6) is 0 Å². The van der Waals surface area contributed by atoms with Gasteiger partial charge in [-0.25, -0.2) is 9.37 Å². The van der Waals surface area contributed by atoms with Crippen LogP contribution in [0.15, 0.2) is 53.9 Å². The van der Waals surface area contributed by atoms with Gasteiger partial charge >= 0.3 is 0 Å². The Hall–Kier alpha value is -2.73. The van der Waals surface area contributed by atoms with E-state index in [9.17, 15) is 9.18 Å². The average molecular weight is 327 g/mol. The number of hydrogen-bond donors (Lipinski definition) is 2. The quantitative estimate of drug-likeness (QED) is 0.718. The van der Waals surface area contributed by atoms with Gasteiger partial charge < -0.3 is 11.1 Å². The summed E-state index contributed by atoms with van der Waals surface area (Å²) in [5.41, 5.74) is 8.84. The van der Waals surface area contributed by atoms with Crippen molar-refractivity contribution < 1.29 is 9.18 Å². The molecule has 0 fully saturated rings. The molecule has 1 heterocycles. The molecule has 3 aromatic rings. The van der Waals surface area contributed by atoms with Crippen LogP contribution in [0.4, 0.5) is 15.2 Å². The molecule has 0 bridgehead atoms. The predicted octanol–water partition coefficient (Wildman–Crippen LogP) is 3.71. The second kappa shape index (κ2) is 6.58. The molecule has 116 valence electrons. The number of halogens is 1. The summed E-state index contributed by atoms with van der Waals surface area (Å²) in [6.07, 6.45) is 0.174. The van der Waals surface area contributed by atoms with Gasteiger partial charge in [0.1, 0.15) is 5.82 Å². The Morgan fingerprint density at radius 1 is 1.22 bits per heavy atom. The molecular weight excluding hydrogens is 313 g/mol. The third-order valence-electron chi connectivity index (χ3n) is 3.21. The number of nitrogens with two attached hydrogens (primary N) is 1. The number of anilines is 2. The number of nitrogen functional groups attached to an aromatic ring is 1. The number of rotatable bonds is 4. The summed E-state index contributed by atoms with van der Waals surface area (Å²) < 4.78 is 12.8. The fourth-order valence-corrected chi connectivity index (χ4v) is 2.85. The Morgan fingerprint density at radius 3 is 2.74 bits per heavy atom. The molecule has 0 aliphatic carbocycles. The Bertz CT molecular complexity index is 830. The van der Waals surface area contributed by atoms with Gasteiger partial charge in [-0.05, 0) is 29.8 Å². The predicted molar refractivity (Wildman–Crippen MR) is 90.7 cm³/mol. The van der Waals surface area contributed by atoms with E-state index in [1.165, 1.54) is 23.5 Å². The lowest BCUT2D eigenvalue weighted by molar-refractivity contribution is -0.115. The Labute approximate surface area is 136 Å². The van der Waals surface area contributed by atoms with E-state index in [1.54, 1.807) is 18.2 Å². The maximum absolute atomic E-state index is 12.8. The number of aromatic nitrogens is 1. The molecule has 6 heteroatoms. The van der Waals surface area contributed by atoms with E-state index in [1.807, 2.05) is 23.6 Å². The minimum atomic E-state index is -0.319. The van der Waals surface area contributed by atoms with E-state index in [0.29, 0.717) is 10.8 Å². The van der Waals surface area contributed by atoms with Crippen molar-refractivity contribution in [3.05, 3.63) is 65.3 Å². The van der Waals surface area contributed by atoms with Crippen LogP contribution in [0.1, 0.15) is 5.56 Å². The van der Waals surface area contributed by atoms with Gasteiger partial charge in [0.05, 0.1) is 12.1 Å². The molecular formula is C17H14FN3OS. The maximum Gasteiger partial charge on any atom is 0.230 e. The van der Waals surface area contributed by atoms with Crippen LogP contribution >= 0.6 is 11.3 Å². The first-order valence-electron chi connectivity index (χ1n) is 6.96. The lowest BCUT2D eigenvalue weighted by Crippen LogP contribution is -2.14. The van der Waals surface area contributed by atoms with Gasteiger partial charge in [0, 0.05) is 16.6 Å². The molecule has 0 aliphatic rings. The molecule has 0 radical (unpaired) electrons. The standard InChI is InChI=1S/C17H14FN3OS/c18-13-6-4-11(5-7-13)8-16(22)21-17-20-15(10-23-17)12-2-1-3-14(19)9-12/h1-7,9-10H,8,19H2,(H,20,21,22). The summed E-state index contributed by atoms with van der Waals surface area (Å²) in [6.45, 7) is 0. The number of amides is 1. The van der Waals surface area contributed by atoms with Crippen LogP contribution in [0, 0.1) is 5.82 Å². The van der Waals surface area contributed by atoms with Crippen molar-refractivity contribution in [2.24, 2.45) is 0 Å². The number of benzene rings is 2. The lowest BCUT2D eigenvalue weighted by atomic mass is 10.1. The van der Waals surface area contributed by atoms with Crippen LogP contribution in [0.2, 0.25) is 0 Å². The normalized spacial score (nSPS) is 10.5. The van der Waals surface area contributed by atoms with Gasteiger partial charge in [-0.1, -0.05) is 24.3 Å². The molecule has 0 unspecified atom stereocenters. The topological polar surface area (TPSA) is 68.0 Å². The molecule has 0 saturated heterocycles. The second-order valence-corrected chi connectivity index (χ2v) is 5.87. The van der Waals surface area contributed by atoms with E-state index in [2.05, 4.69) is 10.3 Å². The lowest BCUT2D eigenvalue weighted by Gasteiger charge is -2.02. The molecule has 3 rings (SSSR count). The summed E-state index contributed by atoms with van der Waals surface area (Å²) in [5, 5.41) is 5.14. The van der Waals surface area contributed by atoms with Crippen molar-refractivity contribution in [3.8, 4) is 11.3 Å². The molecule has 4 nitrogen and oxygen atoms in total. The third kappa shape index (κ3) is 3.92. The van der Waals surface area contributed by atoms with Crippen LogP contribution in [-0.2, 0) is 11.2 Å². The van der Waals surface area contributed by atoms with Gasteiger partial charge in [-0.2, -0.15) is 0 Å². The van der Waals surface area contributed by atoms with Gasteiger partial charge in [0.2, 0.25) is 5.91 Å². The highest BCUT2D eigenvalue weighted by atomic mass is 32.1. The van der Waals surface area contributed by atoms with Crippen molar-refractivity contribution in [1.29, 1.82) is 0 Å². The van der Waals surface area contributed by atoms with E-state index in [-0.39, 0.29) is 18.1 Å². The monoisotopic (exact) mass is 327 g/mol. The van der Waals surface area contributed by atoms with Gasteiger partial charge in [0.25, 0.3) is 0 Å². The number of thiazole rings is 1. The first-order valence-corrected chi connectivity index (χ1v) is 7.84. The van der Waals surface area contributed by atoms with E-state index >= 15 is 0 Å². The van der Waals surface area contributed by atoms with Crippen LogP contribution in [0.3, 0.4) is 0 Å². The fourth-order valence-electron chi connectivity index (χ4n) is 2.11. The van der Waals surface area contributed by atoms with Crippen LogP contribution < -0.4 is 11.1 Å². The zero-order valence-corrected chi connectivity index (χ0v) is 12.9. The summed E-state index contributed by atoms with van der Waals surface area (Å²) in [4.78, 5) is 16.4. The molecule has 0 spiro atoms. The highest BCUT2D eigenvalue weighted by Crippen LogP contribution is 2.26. The molecule has 0 saturated carbocycles. The molecule has 23 heavy (non-hydrogen) atoms. The van der Waals surface area contributed by atoms with E-state index in [4.69, 9.17) is 5.73 Å². The van der Waals surface area contributed by atoms with Gasteiger partial charge in [0.15, 0.2) is 5.13 Å². The van der Waals surface area contributed by atoms with Crippen molar-refractivity contribution >= 4 is 28.1 Å². The number of carbonyl (C=O) groups excluding carboxylic acids is 1. The Balaban J connectivity index is 1.66. The number of carbonyl (C=O) groups is 1.